The molecule has 0 aliphatic rings. The van der Waals surface area contributed by atoms with Gasteiger partial charge in [0.15, 0.2) is 11.5 Å². The SMILES string of the molecule is COc1ccc2cc(CNc3ccccc3)c(=O)n(CC(=O)Nc3ccc(OC)c(OC)c3)c2c1. The number of fused-ring (bicyclic) bond motifs is 1. The van der Waals surface area contributed by atoms with Crippen LogP contribution in [0.15, 0.2) is 77.6 Å². The summed E-state index contributed by atoms with van der Waals surface area (Å²) in [6.45, 7) is 0.151. The van der Waals surface area contributed by atoms with Crippen molar-refractivity contribution in [2.75, 3.05) is 32.0 Å². The Hall–Kier alpha value is -4.46. The van der Waals surface area contributed by atoms with Crippen LogP contribution in [0, 0.1) is 0 Å². The Balaban J connectivity index is 1.65. The number of carbonyl (C=O) groups is 1. The smallest absolute Gasteiger partial charge is 0.256 e. The molecule has 2 N–H and O–H groups in total. The summed E-state index contributed by atoms with van der Waals surface area (Å²) in [4.78, 5) is 26.4. The summed E-state index contributed by atoms with van der Waals surface area (Å²) < 4.78 is 17.4. The van der Waals surface area contributed by atoms with Gasteiger partial charge < -0.3 is 24.8 Å². The van der Waals surface area contributed by atoms with Crippen LogP contribution in [0.3, 0.4) is 0 Å². The molecule has 0 radical (unpaired) electrons. The average Bonchev–Trinajstić information content (AvgIpc) is 2.89. The highest BCUT2D eigenvalue weighted by atomic mass is 16.5. The summed E-state index contributed by atoms with van der Waals surface area (Å²) in [5.74, 6) is 1.29. The normalized spacial score (nSPS) is 10.6. The molecule has 4 rings (SSSR count). The zero-order chi connectivity index (χ0) is 24.8. The molecule has 0 fully saturated rings. The van der Waals surface area contributed by atoms with Gasteiger partial charge in [0, 0.05) is 35.6 Å². The van der Waals surface area contributed by atoms with Gasteiger partial charge in [-0.05, 0) is 47.9 Å². The summed E-state index contributed by atoms with van der Waals surface area (Å²) in [6, 6.07) is 22.0. The fourth-order valence-electron chi connectivity index (χ4n) is 3.83. The zero-order valence-corrected chi connectivity index (χ0v) is 19.8. The number of aromatic nitrogens is 1. The average molecular weight is 474 g/mol. The monoisotopic (exact) mass is 473 g/mol. The lowest BCUT2D eigenvalue weighted by Crippen LogP contribution is -2.30. The van der Waals surface area contributed by atoms with E-state index in [0.717, 1.165) is 11.1 Å². The first-order valence-electron chi connectivity index (χ1n) is 11.0. The van der Waals surface area contributed by atoms with E-state index in [9.17, 15) is 9.59 Å². The lowest BCUT2D eigenvalue weighted by atomic mass is 10.1. The minimum atomic E-state index is -0.350. The van der Waals surface area contributed by atoms with Gasteiger partial charge >= 0.3 is 0 Å². The van der Waals surface area contributed by atoms with Crippen LogP contribution >= 0.6 is 0 Å². The summed E-state index contributed by atoms with van der Waals surface area (Å²) in [6.07, 6.45) is 0. The third-order valence-corrected chi connectivity index (χ3v) is 5.60. The van der Waals surface area contributed by atoms with Crippen molar-refractivity contribution >= 4 is 28.2 Å². The number of anilines is 2. The molecule has 0 saturated heterocycles. The number of methoxy groups -OCH3 is 3. The molecular weight excluding hydrogens is 446 g/mol. The van der Waals surface area contributed by atoms with Crippen molar-refractivity contribution in [1.29, 1.82) is 0 Å². The summed E-state index contributed by atoms with van der Waals surface area (Å²) >= 11 is 0. The van der Waals surface area contributed by atoms with Gasteiger partial charge in [0.2, 0.25) is 5.91 Å². The summed E-state index contributed by atoms with van der Waals surface area (Å²) in [7, 11) is 4.63. The molecule has 180 valence electrons. The number of rotatable bonds is 9. The second-order valence-electron chi connectivity index (χ2n) is 7.82. The molecule has 1 heterocycles. The van der Waals surface area contributed by atoms with Crippen LogP contribution in [0.5, 0.6) is 17.2 Å². The van der Waals surface area contributed by atoms with Gasteiger partial charge in [-0.2, -0.15) is 0 Å². The topological polar surface area (TPSA) is 90.8 Å². The highest BCUT2D eigenvalue weighted by Gasteiger charge is 2.15. The third-order valence-electron chi connectivity index (χ3n) is 5.60. The van der Waals surface area contributed by atoms with E-state index in [1.165, 1.54) is 11.7 Å². The number of amides is 1. The van der Waals surface area contributed by atoms with Crippen LogP contribution in [0.2, 0.25) is 0 Å². The molecule has 0 saturated carbocycles. The van der Waals surface area contributed by atoms with Gasteiger partial charge in [0.1, 0.15) is 12.3 Å². The van der Waals surface area contributed by atoms with E-state index >= 15 is 0 Å². The van der Waals surface area contributed by atoms with Crippen LogP contribution < -0.4 is 30.4 Å². The van der Waals surface area contributed by atoms with Crippen LogP contribution in [0.1, 0.15) is 5.56 Å². The van der Waals surface area contributed by atoms with Crippen molar-refractivity contribution in [3.8, 4) is 17.2 Å². The molecule has 0 aliphatic heterocycles. The van der Waals surface area contributed by atoms with Crippen molar-refractivity contribution in [2.24, 2.45) is 0 Å². The van der Waals surface area contributed by atoms with Crippen molar-refractivity contribution in [3.05, 3.63) is 88.7 Å². The molecule has 0 aliphatic carbocycles. The number of ether oxygens (including phenoxy) is 3. The molecular formula is C27H27N3O5. The minimum absolute atomic E-state index is 0.171. The largest absolute Gasteiger partial charge is 0.497 e. The highest BCUT2D eigenvalue weighted by Crippen LogP contribution is 2.29. The maximum Gasteiger partial charge on any atom is 0.256 e. The van der Waals surface area contributed by atoms with E-state index in [-0.39, 0.29) is 18.0 Å². The van der Waals surface area contributed by atoms with Gasteiger partial charge in [-0.25, -0.2) is 0 Å². The number of pyridine rings is 1. The second kappa shape index (κ2) is 10.6. The first-order valence-corrected chi connectivity index (χ1v) is 11.0. The third kappa shape index (κ3) is 5.38. The quantitative estimate of drug-likeness (QED) is 0.377. The van der Waals surface area contributed by atoms with E-state index in [0.29, 0.717) is 40.6 Å². The molecule has 0 bridgehead atoms. The molecule has 0 unspecified atom stereocenters. The second-order valence-corrected chi connectivity index (χ2v) is 7.82. The first-order chi connectivity index (χ1) is 17.0. The van der Waals surface area contributed by atoms with Crippen LogP contribution in [-0.2, 0) is 17.9 Å². The number of nitrogens with one attached hydrogen (secondary N) is 2. The fourth-order valence-corrected chi connectivity index (χ4v) is 3.83. The van der Waals surface area contributed by atoms with Crippen molar-refractivity contribution < 1.29 is 19.0 Å². The standard InChI is InChI=1S/C27H27N3O5/c1-33-22-11-9-18-13-19(16-28-20-7-5-4-6-8-20)27(32)30(23(18)15-22)17-26(31)29-21-10-12-24(34-2)25(14-21)35-3/h4-15,28H,16-17H2,1-3H3,(H,29,31). The number of hydrogen-bond acceptors (Lipinski definition) is 6. The lowest BCUT2D eigenvalue weighted by Gasteiger charge is -2.15. The zero-order valence-electron chi connectivity index (χ0n) is 19.8. The number of nitrogens with zero attached hydrogens (tertiary/aromatic N) is 1. The molecule has 1 amide bonds. The minimum Gasteiger partial charge on any atom is -0.497 e. The predicted molar refractivity (Wildman–Crippen MR) is 137 cm³/mol. The molecule has 0 spiro atoms. The Morgan fingerprint density at radius 1 is 0.829 bits per heavy atom. The van der Waals surface area contributed by atoms with Crippen LogP contribution in [0.25, 0.3) is 10.9 Å². The summed E-state index contributed by atoms with van der Waals surface area (Å²) in [5, 5.41) is 6.93. The molecule has 1 aromatic heterocycles. The van der Waals surface area contributed by atoms with E-state index in [4.69, 9.17) is 14.2 Å². The van der Waals surface area contributed by atoms with Crippen molar-refractivity contribution in [2.45, 2.75) is 13.1 Å². The molecule has 35 heavy (non-hydrogen) atoms. The number of hydrogen-bond donors (Lipinski definition) is 2. The van der Waals surface area contributed by atoms with Gasteiger partial charge in [-0.1, -0.05) is 18.2 Å². The highest BCUT2D eigenvalue weighted by molar-refractivity contribution is 5.92. The Labute approximate surface area is 203 Å². The Bertz CT molecular complexity index is 1400. The number of benzene rings is 3. The Morgan fingerprint density at radius 2 is 1.60 bits per heavy atom. The van der Waals surface area contributed by atoms with E-state index in [2.05, 4.69) is 10.6 Å². The van der Waals surface area contributed by atoms with Crippen molar-refractivity contribution in [3.63, 3.8) is 0 Å². The van der Waals surface area contributed by atoms with E-state index < -0.39 is 0 Å². The molecule has 8 heteroatoms. The first kappa shape index (κ1) is 23.7. The molecule has 8 nitrogen and oxygen atoms in total. The molecule has 0 atom stereocenters. The Kier molecular flexibility index (Phi) is 7.21. The lowest BCUT2D eigenvalue weighted by molar-refractivity contribution is -0.116. The fraction of sp³-hybridized carbons (Fsp3) is 0.185. The van der Waals surface area contributed by atoms with Crippen LogP contribution in [-0.4, -0.2) is 31.8 Å². The number of carbonyl (C=O) groups excluding carboxylic acids is 1. The van der Waals surface area contributed by atoms with E-state index in [1.54, 1.807) is 38.5 Å². The molecule has 3 aromatic carbocycles. The number of para-hydroxylation sites is 1. The Morgan fingerprint density at radius 3 is 2.31 bits per heavy atom. The van der Waals surface area contributed by atoms with Gasteiger partial charge in [-0.15, -0.1) is 0 Å². The van der Waals surface area contributed by atoms with Gasteiger partial charge in [-0.3, -0.25) is 14.2 Å². The van der Waals surface area contributed by atoms with Gasteiger partial charge in [0.05, 0.1) is 26.8 Å². The van der Waals surface area contributed by atoms with Crippen molar-refractivity contribution in [1.82, 2.24) is 4.57 Å². The van der Waals surface area contributed by atoms with Crippen LogP contribution in [0.4, 0.5) is 11.4 Å². The maximum atomic E-state index is 13.4. The molecule has 4 aromatic rings. The van der Waals surface area contributed by atoms with Gasteiger partial charge in [0.25, 0.3) is 5.56 Å². The predicted octanol–water partition coefficient (Wildman–Crippen LogP) is 4.28. The summed E-state index contributed by atoms with van der Waals surface area (Å²) in [5.41, 5.74) is 2.34. The van der Waals surface area contributed by atoms with E-state index in [1.807, 2.05) is 48.5 Å². The maximum absolute atomic E-state index is 13.4.